The molecule has 16 heavy (non-hydrogen) atoms. The first kappa shape index (κ1) is 13.0. The molecule has 0 saturated heterocycles. The molecule has 0 amide bonds. The zero-order valence-corrected chi connectivity index (χ0v) is 10.5. The zero-order valence-electron chi connectivity index (χ0n) is 10.5. The molecule has 0 radical (unpaired) electrons. The van der Waals surface area contributed by atoms with Crippen molar-refractivity contribution in [2.75, 3.05) is 18.4 Å². The molecule has 0 bridgehead atoms. The molecule has 0 aromatic carbocycles. The normalized spacial score (nSPS) is 12.8. The monoisotopic (exact) mass is 225 g/mol. The molecule has 0 aliphatic heterocycles. The number of hydrogen-bond acceptors (Lipinski definition) is 4. The Morgan fingerprint density at radius 2 is 2.12 bits per heavy atom. The maximum Gasteiger partial charge on any atom is 0.224 e. The Hall–Kier alpha value is -1.10. The van der Waals surface area contributed by atoms with Crippen molar-refractivity contribution in [1.82, 2.24) is 14.8 Å². The van der Waals surface area contributed by atoms with Gasteiger partial charge in [-0.15, -0.1) is 10.2 Å². The Morgan fingerprint density at radius 1 is 1.38 bits per heavy atom. The van der Waals surface area contributed by atoms with E-state index in [4.69, 9.17) is 5.73 Å². The predicted octanol–water partition coefficient (Wildman–Crippen LogP) is 1.26. The van der Waals surface area contributed by atoms with E-state index in [0.29, 0.717) is 5.92 Å². The molecule has 1 unspecified atom stereocenters. The van der Waals surface area contributed by atoms with Gasteiger partial charge in [-0.1, -0.05) is 6.92 Å². The highest BCUT2D eigenvalue weighted by molar-refractivity contribution is 5.25. The van der Waals surface area contributed by atoms with Crippen LogP contribution in [-0.2, 0) is 13.0 Å². The number of aryl methyl sites for hydroxylation is 1. The highest BCUT2D eigenvalue weighted by Crippen LogP contribution is 2.11. The summed E-state index contributed by atoms with van der Waals surface area (Å²) in [7, 11) is 0. The third-order valence-electron chi connectivity index (χ3n) is 2.74. The van der Waals surface area contributed by atoms with Gasteiger partial charge in [0, 0.05) is 19.5 Å². The van der Waals surface area contributed by atoms with Gasteiger partial charge in [-0.2, -0.15) is 0 Å². The molecular formula is C11H23N5. The fraction of sp³-hybridized carbons (Fsp3) is 0.818. The van der Waals surface area contributed by atoms with Gasteiger partial charge in [0.2, 0.25) is 5.95 Å². The number of nitrogens with one attached hydrogen (secondary N) is 1. The molecule has 5 nitrogen and oxygen atoms in total. The van der Waals surface area contributed by atoms with Crippen molar-refractivity contribution >= 4 is 5.95 Å². The summed E-state index contributed by atoms with van der Waals surface area (Å²) in [6.45, 7) is 8.85. The molecule has 0 aliphatic rings. The molecule has 0 fully saturated rings. The van der Waals surface area contributed by atoms with Crippen LogP contribution in [0.1, 0.15) is 33.0 Å². The number of rotatable bonds is 7. The highest BCUT2D eigenvalue weighted by Gasteiger charge is 2.10. The molecule has 1 atom stereocenters. The SMILES string of the molecule is CCNc1nnc(CCC(C)CN)n1CC. The fourth-order valence-electron chi connectivity index (χ4n) is 1.63. The lowest BCUT2D eigenvalue weighted by Gasteiger charge is -2.10. The van der Waals surface area contributed by atoms with Crippen LogP contribution >= 0.6 is 0 Å². The van der Waals surface area contributed by atoms with E-state index < -0.39 is 0 Å². The van der Waals surface area contributed by atoms with Crippen LogP contribution in [-0.4, -0.2) is 27.9 Å². The molecule has 1 heterocycles. The van der Waals surface area contributed by atoms with Gasteiger partial charge in [0.25, 0.3) is 0 Å². The van der Waals surface area contributed by atoms with Gasteiger partial charge in [-0.05, 0) is 32.7 Å². The van der Waals surface area contributed by atoms with Gasteiger partial charge >= 0.3 is 0 Å². The van der Waals surface area contributed by atoms with Crippen LogP contribution in [0.4, 0.5) is 5.95 Å². The summed E-state index contributed by atoms with van der Waals surface area (Å²) in [5.74, 6) is 2.48. The molecule has 5 heteroatoms. The topological polar surface area (TPSA) is 68.8 Å². The van der Waals surface area contributed by atoms with Crippen LogP contribution in [0, 0.1) is 5.92 Å². The Labute approximate surface area is 97.4 Å². The average molecular weight is 225 g/mol. The minimum atomic E-state index is 0.546. The summed E-state index contributed by atoms with van der Waals surface area (Å²) in [6, 6.07) is 0. The minimum absolute atomic E-state index is 0.546. The van der Waals surface area contributed by atoms with Crippen LogP contribution in [0.5, 0.6) is 0 Å². The molecular weight excluding hydrogens is 202 g/mol. The molecule has 3 N–H and O–H groups in total. The van der Waals surface area contributed by atoms with Crippen molar-refractivity contribution in [3.63, 3.8) is 0 Å². The van der Waals surface area contributed by atoms with Gasteiger partial charge in [0.15, 0.2) is 0 Å². The Morgan fingerprint density at radius 3 is 2.69 bits per heavy atom. The zero-order chi connectivity index (χ0) is 12.0. The van der Waals surface area contributed by atoms with Gasteiger partial charge in [0.05, 0.1) is 0 Å². The first-order chi connectivity index (χ1) is 7.72. The van der Waals surface area contributed by atoms with E-state index in [-0.39, 0.29) is 0 Å². The second-order valence-corrected chi connectivity index (χ2v) is 4.09. The summed E-state index contributed by atoms with van der Waals surface area (Å²) in [4.78, 5) is 0. The molecule has 1 aromatic heterocycles. The third kappa shape index (κ3) is 3.20. The minimum Gasteiger partial charge on any atom is -0.355 e. The third-order valence-corrected chi connectivity index (χ3v) is 2.74. The molecule has 1 aromatic rings. The number of nitrogens with zero attached hydrogens (tertiary/aromatic N) is 3. The van der Waals surface area contributed by atoms with Crippen LogP contribution in [0.3, 0.4) is 0 Å². The summed E-state index contributed by atoms with van der Waals surface area (Å²) in [5, 5.41) is 11.6. The summed E-state index contributed by atoms with van der Waals surface area (Å²) in [6.07, 6.45) is 2.02. The lowest BCUT2D eigenvalue weighted by atomic mass is 10.1. The van der Waals surface area contributed by atoms with Crippen molar-refractivity contribution in [2.45, 2.75) is 40.2 Å². The summed E-state index contributed by atoms with van der Waals surface area (Å²) >= 11 is 0. The molecule has 1 rings (SSSR count). The summed E-state index contributed by atoms with van der Waals surface area (Å²) in [5.41, 5.74) is 5.60. The van der Waals surface area contributed by atoms with Crippen LogP contribution in [0.15, 0.2) is 0 Å². The average Bonchev–Trinajstić information content (AvgIpc) is 2.68. The van der Waals surface area contributed by atoms with E-state index in [1.165, 1.54) is 0 Å². The quantitative estimate of drug-likeness (QED) is 0.733. The highest BCUT2D eigenvalue weighted by atomic mass is 15.3. The van der Waals surface area contributed by atoms with Gasteiger partial charge in [0.1, 0.15) is 5.82 Å². The van der Waals surface area contributed by atoms with E-state index in [0.717, 1.165) is 44.2 Å². The van der Waals surface area contributed by atoms with Gasteiger partial charge in [-0.25, -0.2) is 0 Å². The number of nitrogens with two attached hydrogens (primary N) is 1. The van der Waals surface area contributed by atoms with E-state index in [1.54, 1.807) is 0 Å². The first-order valence-corrected chi connectivity index (χ1v) is 6.08. The molecule has 0 spiro atoms. The lowest BCUT2D eigenvalue weighted by Crippen LogP contribution is -2.13. The van der Waals surface area contributed by atoms with Crippen molar-refractivity contribution in [2.24, 2.45) is 11.7 Å². The van der Waals surface area contributed by atoms with Gasteiger partial charge in [-0.3, -0.25) is 4.57 Å². The van der Waals surface area contributed by atoms with E-state index >= 15 is 0 Å². The first-order valence-electron chi connectivity index (χ1n) is 6.08. The van der Waals surface area contributed by atoms with Gasteiger partial charge < -0.3 is 11.1 Å². The second kappa shape index (κ2) is 6.48. The molecule has 0 saturated carbocycles. The number of hydrogen-bond donors (Lipinski definition) is 2. The van der Waals surface area contributed by atoms with Crippen molar-refractivity contribution < 1.29 is 0 Å². The predicted molar refractivity (Wildman–Crippen MR) is 66.4 cm³/mol. The number of anilines is 1. The van der Waals surface area contributed by atoms with Crippen molar-refractivity contribution in [3.05, 3.63) is 5.82 Å². The largest absolute Gasteiger partial charge is 0.355 e. The molecule has 0 aliphatic carbocycles. The van der Waals surface area contributed by atoms with Crippen LogP contribution in [0.2, 0.25) is 0 Å². The Bertz CT molecular complexity index is 307. The number of aromatic nitrogens is 3. The fourth-order valence-corrected chi connectivity index (χ4v) is 1.63. The lowest BCUT2D eigenvalue weighted by molar-refractivity contribution is 0.525. The van der Waals surface area contributed by atoms with Crippen LogP contribution in [0.25, 0.3) is 0 Å². The standard InChI is InChI=1S/C11H23N5/c1-4-13-11-15-14-10(16(11)5-2)7-6-9(3)8-12/h9H,4-8,12H2,1-3H3,(H,13,15). The van der Waals surface area contributed by atoms with E-state index in [2.05, 4.69) is 40.9 Å². The second-order valence-electron chi connectivity index (χ2n) is 4.09. The van der Waals surface area contributed by atoms with Crippen molar-refractivity contribution in [1.29, 1.82) is 0 Å². The van der Waals surface area contributed by atoms with E-state index in [9.17, 15) is 0 Å². The van der Waals surface area contributed by atoms with Crippen molar-refractivity contribution in [3.8, 4) is 0 Å². The molecule has 92 valence electrons. The maximum absolute atomic E-state index is 5.60. The maximum atomic E-state index is 5.60. The Kier molecular flexibility index (Phi) is 5.25. The Balaban J connectivity index is 2.65. The van der Waals surface area contributed by atoms with Crippen LogP contribution < -0.4 is 11.1 Å². The smallest absolute Gasteiger partial charge is 0.224 e. The summed E-state index contributed by atoms with van der Waals surface area (Å²) < 4.78 is 2.13. The van der Waals surface area contributed by atoms with E-state index in [1.807, 2.05) is 0 Å².